The molecule has 2 aliphatic rings. The van der Waals surface area contributed by atoms with Gasteiger partial charge < -0.3 is 19.2 Å². The molecular formula is C23H30N2O4. The lowest BCUT2D eigenvalue weighted by atomic mass is 10.1. The van der Waals surface area contributed by atoms with Crippen molar-refractivity contribution in [3.63, 3.8) is 0 Å². The fraction of sp³-hybridized carbons (Fsp3) is 0.522. The van der Waals surface area contributed by atoms with Crippen LogP contribution in [0.2, 0.25) is 0 Å². The van der Waals surface area contributed by atoms with E-state index >= 15 is 0 Å². The number of piperidine rings is 2. The number of furan rings is 1. The van der Waals surface area contributed by atoms with Crippen LogP contribution in [0.1, 0.15) is 54.0 Å². The van der Waals surface area contributed by atoms with Gasteiger partial charge in [0.2, 0.25) is 0 Å². The van der Waals surface area contributed by atoms with Crippen LogP contribution >= 0.6 is 0 Å². The summed E-state index contributed by atoms with van der Waals surface area (Å²) in [4.78, 5) is 16.9. The Morgan fingerprint density at radius 3 is 2.31 bits per heavy atom. The molecule has 0 atom stereocenters. The van der Waals surface area contributed by atoms with Crippen LogP contribution in [-0.4, -0.2) is 53.1 Å². The van der Waals surface area contributed by atoms with Crippen molar-refractivity contribution in [2.75, 3.05) is 26.2 Å². The van der Waals surface area contributed by atoms with Crippen molar-refractivity contribution in [2.45, 2.75) is 51.4 Å². The third kappa shape index (κ3) is 5.19. The molecule has 1 aromatic carbocycles. The third-order valence-electron chi connectivity index (χ3n) is 5.83. The Kier molecular flexibility index (Phi) is 6.52. The molecule has 2 saturated heterocycles. The maximum Gasteiger partial charge on any atom is 0.253 e. The number of hydrogen-bond acceptors (Lipinski definition) is 5. The second-order valence-corrected chi connectivity index (χ2v) is 8.00. The summed E-state index contributed by atoms with van der Waals surface area (Å²) in [5.74, 6) is 2.46. The molecule has 1 amide bonds. The van der Waals surface area contributed by atoms with Gasteiger partial charge in [0.1, 0.15) is 30.0 Å². The molecular weight excluding hydrogens is 368 g/mol. The van der Waals surface area contributed by atoms with Crippen molar-refractivity contribution in [3.8, 4) is 5.75 Å². The average Bonchev–Trinajstić information content (AvgIpc) is 3.23. The molecule has 2 aliphatic heterocycles. The van der Waals surface area contributed by atoms with Gasteiger partial charge in [0, 0.05) is 31.7 Å². The van der Waals surface area contributed by atoms with Gasteiger partial charge in [-0.1, -0.05) is 0 Å². The van der Waals surface area contributed by atoms with Crippen LogP contribution in [0, 0.1) is 0 Å². The summed E-state index contributed by atoms with van der Waals surface area (Å²) in [6.07, 6.45) is 5.55. The smallest absolute Gasteiger partial charge is 0.253 e. The molecule has 0 saturated carbocycles. The van der Waals surface area contributed by atoms with Crippen molar-refractivity contribution < 1.29 is 19.1 Å². The summed E-state index contributed by atoms with van der Waals surface area (Å²) in [6, 6.07) is 11.4. The SMILES string of the molecule is O=C(c1ccc(OC2CCN(Cc3ccc(CO)o3)CC2)cc1)N1CCCCC1. The van der Waals surface area contributed by atoms with Crippen molar-refractivity contribution in [2.24, 2.45) is 0 Å². The average molecular weight is 399 g/mol. The number of aliphatic hydroxyl groups is 1. The fourth-order valence-corrected chi connectivity index (χ4v) is 4.15. The van der Waals surface area contributed by atoms with E-state index in [9.17, 15) is 4.79 Å². The first-order valence-corrected chi connectivity index (χ1v) is 10.7. The highest BCUT2D eigenvalue weighted by molar-refractivity contribution is 5.94. The highest BCUT2D eigenvalue weighted by Crippen LogP contribution is 2.22. The molecule has 3 heterocycles. The summed E-state index contributed by atoms with van der Waals surface area (Å²) in [5.41, 5.74) is 0.745. The highest BCUT2D eigenvalue weighted by atomic mass is 16.5. The molecule has 4 rings (SSSR count). The topological polar surface area (TPSA) is 66.1 Å². The lowest BCUT2D eigenvalue weighted by Gasteiger charge is -2.31. The van der Waals surface area contributed by atoms with E-state index in [2.05, 4.69) is 4.90 Å². The quantitative estimate of drug-likeness (QED) is 0.807. The number of nitrogens with zero attached hydrogens (tertiary/aromatic N) is 2. The van der Waals surface area contributed by atoms with Gasteiger partial charge in [-0.25, -0.2) is 0 Å². The van der Waals surface area contributed by atoms with Gasteiger partial charge in [-0.3, -0.25) is 9.69 Å². The maximum atomic E-state index is 12.6. The first kappa shape index (κ1) is 20.0. The molecule has 0 aliphatic carbocycles. The van der Waals surface area contributed by atoms with E-state index in [1.165, 1.54) is 6.42 Å². The van der Waals surface area contributed by atoms with E-state index in [4.69, 9.17) is 14.3 Å². The van der Waals surface area contributed by atoms with Gasteiger partial charge in [-0.2, -0.15) is 0 Å². The molecule has 6 nitrogen and oxygen atoms in total. The Morgan fingerprint density at radius 2 is 1.66 bits per heavy atom. The molecule has 0 spiro atoms. The van der Waals surface area contributed by atoms with E-state index in [0.29, 0.717) is 5.76 Å². The van der Waals surface area contributed by atoms with Gasteiger partial charge in [-0.05, 0) is 68.5 Å². The summed E-state index contributed by atoms with van der Waals surface area (Å²) < 4.78 is 11.7. The van der Waals surface area contributed by atoms with Crippen LogP contribution in [0.25, 0.3) is 0 Å². The zero-order chi connectivity index (χ0) is 20.1. The van der Waals surface area contributed by atoms with Gasteiger partial charge in [-0.15, -0.1) is 0 Å². The Labute approximate surface area is 172 Å². The molecule has 6 heteroatoms. The summed E-state index contributed by atoms with van der Waals surface area (Å²) >= 11 is 0. The van der Waals surface area contributed by atoms with Gasteiger partial charge in [0.05, 0.1) is 6.54 Å². The minimum absolute atomic E-state index is 0.0572. The second kappa shape index (κ2) is 9.46. The number of ether oxygens (including phenoxy) is 1. The molecule has 0 radical (unpaired) electrons. The second-order valence-electron chi connectivity index (χ2n) is 8.00. The minimum atomic E-state index is -0.0572. The minimum Gasteiger partial charge on any atom is -0.490 e. The number of amides is 1. The summed E-state index contributed by atoms with van der Waals surface area (Å²) in [7, 11) is 0. The molecule has 2 fully saturated rings. The van der Waals surface area contributed by atoms with Gasteiger partial charge in [0.25, 0.3) is 5.91 Å². The standard InChI is InChI=1S/C23H30N2O4/c26-17-22-9-8-21(29-22)16-24-14-10-20(11-15-24)28-19-6-4-18(5-7-19)23(27)25-12-2-1-3-13-25/h4-9,20,26H,1-3,10-17H2. The molecule has 1 aromatic heterocycles. The predicted octanol–water partition coefficient (Wildman–Crippen LogP) is 3.44. The Hall–Kier alpha value is -2.31. The molecule has 29 heavy (non-hydrogen) atoms. The first-order valence-electron chi connectivity index (χ1n) is 10.7. The molecule has 1 N–H and O–H groups in total. The molecule has 0 bridgehead atoms. The van der Waals surface area contributed by atoms with E-state index in [-0.39, 0.29) is 18.6 Å². The zero-order valence-corrected chi connectivity index (χ0v) is 16.9. The molecule has 0 unspecified atom stereocenters. The zero-order valence-electron chi connectivity index (χ0n) is 16.9. The summed E-state index contributed by atoms with van der Waals surface area (Å²) in [6.45, 7) is 4.35. The van der Waals surface area contributed by atoms with Crippen LogP contribution in [0.3, 0.4) is 0 Å². The number of carbonyl (C=O) groups is 1. The Balaban J connectivity index is 1.24. The lowest BCUT2D eigenvalue weighted by Crippen LogP contribution is -2.37. The number of likely N-dealkylation sites (tertiary alicyclic amines) is 2. The van der Waals surface area contributed by atoms with Crippen LogP contribution in [0.15, 0.2) is 40.8 Å². The van der Waals surface area contributed by atoms with E-state index in [0.717, 1.165) is 75.5 Å². The van der Waals surface area contributed by atoms with Gasteiger partial charge >= 0.3 is 0 Å². The Morgan fingerprint density at radius 1 is 0.966 bits per heavy atom. The lowest BCUT2D eigenvalue weighted by molar-refractivity contribution is 0.0724. The summed E-state index contributed by atoms with van der Waals surface area (Å²) in [5, 5.41) is 9.10. The van der Waals surface area contributed by atoms with E-state index < -0.39 is 0 Å². The normalized spacial score (nSPS) is 18.7. The van der Waals surface area contributed by atoms with Crippen molar-refractivity contribution in [3.05, 3.63) is 53.5 Å². The number of rotatable bonds is 6. The maximum absolute atomic E-state index is 12.6. The first-order chi connectivity index (χ1) is 14.2. The van der Waals surface area contributed by atoms with Crippen molar-refractivity contribution >= 4 is 5.91 Å². The van der Waals surface area contributed by atoms with E-state index in [1.807, 2.05) is 41.3 Å². The molecule has 2 aromatic rings. The molecule has 156 valence electrons. The predicted molar refractivity (Wildman–Crippen MR) is 110 cm³/mol. The third-order valence-corrected chi connectivity index (χ3v) is 5.83. The number of benzene rings is 1. The van der Waals surface area contributed by atoms with Crippen LogP contribution in [-0.2, 0) is 13.2 Å². The number of aliphatic hydroxyl groups excluding tert-OH is 1. The number of carbonyl (C=O) groups excluding carboxylic acids is 1. The monoisotopic (exact) mass is 398 g/mol. The van der Waals surface area contributed by atoms with Gasteiger partial charge in [0.15, 0.2) is 0 Å². The largest absolute Gasteiger partial charge is 0.490 e. The number of hydrogen-bond donors (Lipinski definition) is 1. The van der Waals surface area contributed by atoms with Crippen LogP contribution in [0.4, 0.5) is 0 Å². The van der Waals surface area contributed by atoms with Crippen LogP contribution in [0.5, 0.6) is 5.75 Å². The Bertz CT molecular complexity index is 787. The van der Waals surface area contributed by atoms with Crippen molar-refractivity contribution in [1.82, 2.24) is 9.80 Å². The van der Waals surface area contributed by atoms with E-state index in [1.54, 1.807) is 0 Å². The van der Waals surface area contributed by atoms with Crippen molar-refractivity contribution in [1.29, 1.82) is 0 Å². The fourth-order valence-electron chi connectivity index (χ4n) is 4.15. The highest BCUT2D eigenvalue weighted by Gasteiger charge is 2.22. The van der Waals surface area contributed by atoms with Crippen LogP contribution < -0.4 is 4.74 Å².